The summed E-state index contributed by atoms with van der Waals surface area (Å²) >= 11 is 0. The van der Waals surface area contributed by atoms with Gasteiger partial charge in [0, 0.05) is 18.1 Å². The first kappa shape index (κ1) is 28.7. The zero-order valence-electron chi connectivity index (χ0n) is 20.7. The molecule has 1 heterocycles. The van der Waals surface area contributed by atoms with Gasteiger partial charge in [-0.2, -0.15) is 13.2 Å². The molecule has 206 valence electrons. The zero-order chi connectivity index (χ0) is 28.4. The lowest BCUT2D eigenvalue weighted by Crippen LogP contribution is -2.46. The quantitative estimate of drug-likeness (QED) is 0.401. The van der Waals surface area contributed by atoms with Crippen LogP contribution in [0.15, 0.2) is 36.4 Å². The molecule has 2 aromatic carbocycles. The molecule has 2 amide bonds. The van der Waals surface area contributed by atoms with Crippen molar-refractivity contribution < 1.29 is 51.6 Å². The van der Waals surface area contributed by atoms with E-state index in [1.807, 2.05) is 0 Å². The van der Waals surface area contributed by atoms with E-state index >= 15 is 4.39 Å². The number of hydrogen-bond acceptors (Lipinski definition) is 6. The molecular weight excluding hydrogens is 516 g/mol. The normalized spacial score (nSPS) is 15.2. The third-order valence-electron chi connectivity index (χ3n) is 5.47. The van der Waals surface area contributed by atoms with Crippen LogP contribution < -0.4 is 14.5 Å². The molecule has 0 radical (unpaired) electrons. The number of carbonyl (C=O) groups is 3. The third kappa shape index (κ3) is 6.33. The van der Waals surface area contributed by atoms with Gasteiger partial charge in [-0.15, -0.1) is 0 Å². The Bertz CT molecular complexity index is 1210. The van der Waals surface area contributed by atoms with Crippen LogP contribution >= 0.6 is 0 Å². The van der Waals surface area contributed by atoms with Crippen molar-refractivity contribution in [1.29, 1.82) is 0 Å². The van der Waals surface area contributed by atoms with E-state index in [4.69, 9.17) is 9.47 Å². The Hall–Kier alpha value is -3.87. The number of fused-ring (bicyclic) bond motifs is 1. The summed E-state index contributed by atoms with van der Waals surface area (Å²) in [4.78, 5) is 37.3. The molecule has 0 saturated carbocycles. The number of halogens is 4. The highest BCUT2D eigenvalue weighted by Crippen LogP contribution is 2.45. The molecule has 1 aliphatic rings. The van der Waals surface area contributed by atoms with Crippen molar-refractivity contribution in [3.05, 3.63) is 53.3 Å². The second-order valence-electron chi connectivity index (χ2n) is 9.48. The number of benzene rings is 2. The second-order valence-corrected chi connectivity index (χ2v) is 9.48. The number of amides is 2. The number of rotatable bonds is 7. The molecule has 13 heteroatoms. The van der Waals surface area contributed by atoms with E-state index in [2.05, 4.69) is 0 Å². The SMILES string of the molecule is CC(C)(C)OC(=O)CN(C(=O)C(F)(F)F)c1c(OCc2ccccc2)cc2c(c1F)C[C@H](CO)N2C(=O)O. The zero-order valence-corrected chi connectivity index (χ0v) is 20.7. The number of nitrogens with zero attached hydrogens (tertiary/aromatic N) is 2. The van der Waals surface area contributed by atoms with Crippen LogP contribution in [0.1, 0.15) is 31.9 Å². The number of alkyl halides is 3. The van der Waals surface area contributed by atoms with Crippen LogP contribution in [-0.2, 0) is 27.4 Å². The highest BCUT2D eigenvalue weighted by atomic mass is 19.4. The Morgan fingerprint density at radius 2 is 1.76 bits per heavy atom. The lowest BCUT2D eigenvalue weighted by Gasteiger charge is -2.28. The van der Waals surface area contributed by atoms with E-state index in [-0.39, 0.29) is 22.8 Å². The predicted molar refractivity (Wildman–Crippen MR) is 127 cm³/mol. The van der Waals surface area contributed by atoms with E-state index in [1.165, 1.54) is 20.8 Å². The van der Waals surface area contributed by atoms with Crippen LogP contribution in [0.5, 0.6) is 5.75 Å². The molecule has 0 spiro atoms. The van der Waals surface area contributed by atoms with Crippen molar-refractivity contribution in [2.24, 2.45) is 0 Å². The molecule has 2 N–H and O–H groups in total. The van der Waals surface area contributed by atoms with Gasteiger partial charge >= 0.3 is 24.1 Å². The summed E-state index contributed by atoms with van der Waals surface area (Å²) in [6, 6.07) is 8.10. The lowest BCUT2D eigenvalue weighted by molar-refractivity contribution is -0.171. The van der Waals surface area contributed by atoms with Crippen molar-refractivity contribution in [1.82, 2.24) is 0 Å². The molecule has 0 saturated heterocycles. The van der Waals surface area contributed by atoms with Crippen LogP contribution in [0.2, 0.25) is 0 Å². The number of anilines is 2. The molecule has 0 fully saturated rings. The van der Waals surface area contributed by atoms with Crippen molar-refractivity contribution in [3.8, 4) is 5.75 Å². The molecule has 38 heavy (non-hydrogen) atoms. The fourth-order valence-corrected chi connectivity index (χ4v) is 3.99. The van der Waals surface area contributed by atoms with E-state index in [1.54, 1.807) is 30.3 Å². The Balaban J connectivity index is 2.20. The lowest BCUT2D eigenvalue weighted by atomic mass is 10.1. The molecule has 2 aromatic rings. The first-order valence-electron chi connectivity index (χ1n) is 11.4. The maximum Gasteiger partial charge on any atom is 0.471 e. The molecule has 0 aromatic heterocycles. The topological polar surface area (TPSA) is 117 Å². The summed E-state index contributed by atoms with van der Waals surface area (Å²) in [5.74, 6) is -5.81. The van der Waals surface area contributed by atoms with Crippen molar-refractivity contribution in [2.75, 3.05) is 23.0 Å². The van der Waals surface area contributed by atoms with E-state index < -0.39 is 72.6 Å². The highest BCUT2D eigenvalue weighted by Gasteiger charge is 2.47. The highest BCUT2D eigenvalue weighted by molar-refractivity contribution is 6.03. The molecule has 1 atom stereocenters. The van der Waals surface area contributed by atoms with Crippen molar-refractivity contribution in [2.45, 2.75) is 51.6 Å². The monoisotopic (exact) mass is 542 g/mol. The fraction of sp³-hybridized carbons (Fsp3) is 0.400. The number of hydrogen-bond donors (Lipinski definition) is 2. The van der Waals surface area contributed by atoms with Crippen molar-refractivity contribution in [3.63, 3.8) is 0 Å². The fourth-order valence-electron chi connectivity index (χ4n) is 3.99. The van der Waals surface area contributed by atoms with Crippen molar-refractivity contribution >= 4 is 29.3 Å². The first-order chi connectivity index (χ1) is 17.6. The minimum atomic E-state index is -5.51. The molecule has 0 aliphatic carbocycles. The smallest absolute Gasteiger partial charge is 0.471 e. The summed E-state index contributed by atoms with van der Waals surface area (Å²) in [5.41, 5.74) is -2.22. The van der Waals surface area contributed by atoms with Crippen LogP contribution in [0.4, 0.5) is 33.7 Å². The Morgan fingerprint density at radius 3 is 2.29 bits per heavy atom. The van der Waals surface area contributed by atoms with Crippen LogP contribution in [0, 0.1) is 5.82 Å². The molecule has 3 rings (SSSR count). The van der Waals surface area contributed by atoms with Gasteiger partial charge in [0.05, 0.1) is 18.3 Å². The summed E-state index contributed by atoms with van der Waals surface area (Å²) in [6.45, 7) is 2.07. The first-order valence-corrected chi connectivity index (χ1v) is 11.4. The average molecular weight is 542 g/mol. The minimum Gasteiger partial charge on any atom is -0.487 e. The van der Waals surface area contributed by atoms with Gasteiger partial charge < -0.3 is 19.7 Å². The third-order valence-corrected chi connectivity index (χ3v) is 5.47. The number of carboxylic acid groups (broad SMARTS) is 1. The van der Waals surface area contributed by atoms with Gasteiger partial charge in [0.2, 0.25) is 0 Å². The summed E-state index contributed by atoms with van der Waals surface area (Å²) < 4.78 is 67.5. The Labute approximate surface area is 215 Å². The van der Waals surface area contributed by atoms with Crippen LogP contribution in [-0.4, -0.2) is 59.2 Å². The predicted octanol–water partition coefficient (Wildman–Crippen LogP) is 4.04. The van der Waals surface area contributed by atoms with E-state index in [9.17, 15) is 37.8 Å². The van der Waals surface area contributed by atoms with Gasteiger partial charge in [-0.05, 0) is 26.3 Å². The number of aliphatic hydroxyl groups is 1. The molecule has 1 aliphatic heterocycles. The second kappa shape index (κ2) is 10.9. The van der Waals surface area contributed by atoms with E-state index in [0.717, 1.165) is 6.07 Å². The molecule has 9 nitrogen and oxygen atoms in total. The summed E-state index contributed by atoms with van der Waals surface area (Å²) in [5, 5.41) is 19.3. The van der Waals surface area contributed by atoms with Gasteiger partial charge in [0.15, 0.2) is 5.82 Å². The van der Waals surface area contributed by atoms with Gasteiger partial charge in [-0.1, -0.05) is 30.3 Å². The molecule has 0 unspecified atom stereocenters. The van der Waals surface area contributed by atoms with Gasteiger partial charge in [-0.3, -0.25) is 19.4 Å². The average Bonchev–Trinajstić information content (AvgIpc) is 3.19. The summed E-state index contributed by atoms with van der Waals surface area (Å²) in [7, 11) is 0. The minimum absolute atomic E-state index is 0.124. The van der Waals surface area contributed by atoms with Gasteiger partial charge in [-0.25, -0.2) is 9.18 Å². The van der Waals surface area contributed by atoms with Gasteiger partial charge in [0.1, 0.15) is 30.2 Å². The number of aliphatic hydroxyl groups excluding tert-OH is 1. The Kier molecular flexibility index (Phi) is 8.20. The van der Waals surface area contributed by atoms with Gasteiger partial charge in [0.25, 0.3) is 0 Å². The maximum atomic E-state index is 16.0. The maximum absolute atomic E-state index is 16.0. The van der Waals surface area contributed by atoms with E-state index in [0.29, 0.717) is 10.5 Å². The number of ether oxygens (including phenoxy) is 2. The number of carbonyl (C=O) groups excluding carboxylic acids is 2. The largest absolute Gasteiger partial charge is 0.487 e. The number of esters is 1. The molecular formula is C25H26F4N2O7. The molecule has 0 bridgehead atoms. The van der Waals surface area contributed by atoms with Crippen LogP contribution in [0.3, 0.4) is 0 Å². The standard InChI is InChI=1S/C25H26F4N2O7/c1-24(2,3)38-19(33)11-30(22(34)25(27,28)29)21-18(37-13-14-7-5-4-6-8-14)10-17-16(20(21)26)9-15(12-32)31(17)23(35)36/h4-8,10,15,32H,9,11-13H2,1-3H3,(H,35,36)/t15-/m1/s1. The summed E-state index contributed by atoms with van der Waals surface area (Å²) in [6.07, 6.45) is -7.44. The Morgan fingerprint density at radius 1 is 1.13 bits per heavy atom. The van der Waals surface area contributed by atoms with Crippen LogP contribution in [0.25, 0.3) is 0 Å².